The van der Waals surface area contributed by atoms with E-state index in [9.17, 15) is 9.59 Å². The van der Waals surface area contributed by atoms with Crippen molar-refractivity contribution >= 4 is 23.2 Å². The van der Waals surface area contributed by atoms with Gasteiger partial charge in [0.1, 0.15) is 10.7 Å². The molecule has 1 aliphatic heterocycles. The van der Waals surface area contributed by atoms with E-state index >= 15 is 0 Å². The number of benzene rings is 1. The number of hydrogen-bond donors (Lipinski definition) is 0. The van der Waals surface area contributed by atoms with Crippen LogP contribution in [0, 0.1) is 6.92 Å². The fourth-order valence-corrected chi connectivity index (χ4v) is 4.04. The Morgan fingerprint density at radius 2 is 1.76 bits per heavy atom. The molecule has 1 fully saturated rings. The van der Waals surface area contributed by atoms with Gasteiger partial charge in [0.05, 0.1) is 18.3 Å². The Labute approximate surface area is 173 Å². The highest BCUT2D eigenvalue weighted by Gasteiger charge is 2.26. The van der Waals surface area contributed by atoms with Gasteiger partial charge in [-0.2, -0.15) is 0 Å². The number of hydrogen-bond acceptors (Lipinski definition) is 6. The largest absolute Gasteiger partial charge is 0.339 e. The monoisotopic (exact) mass is 407 g/mol. The first kappa shape index (κ1) is 19.2. The second kappa shape index (κ2) is 8.48. The molecule has 8 heteroatoms. The lowest BCUT2D eigenvalue weighted by Crippen LogP contribution is -2.51. The Morgan fingerprint density at radius 3 is 2.45 bits per heavy atom. The molecular formula is C21H21N5O2S. The van der Waals surface area contributed by atoms with Crippen molar-refractivity contribution in [2.45, 2.75) is 13.3 Å². The third kappa shape index (κ3) is 4.48. The third-order valence-electron chi connectivity index (χ3n) is 4.88. The van der Waals surface area contributed by atoms with Crippen LogP contribution in [-0.2, 0) is 11.2 Å². The maximum Gasteiger partial charge on any atom is 0.274 e. The van der Waals surface area contributed by atoms with Crippen molar-refractivity contribution in [2.75, 3.05) is 26.2 Å². The average molecular weight is 407 g/mol. The molecule has 4 rings (SSSR count). The predicted molar refractivity (Wildman–Crippen MR) is 111 cm³/mol. The van der Waals surface area contributed by atoms with Crippen LogP contribution in [0.5, 0.6) is 0 Å². The number of aryl methyl sites for hydroxylation is 1. The Kier molecular flexibility index (Phi) is 5.62. The number of carbonyl (C=O) groups is 2. The fourth-order valence-electron chi connectivity index (χ4n) is 3.21. The van der Waals surface area contributed by atoms with Gasteiger partial charge in [-0.15, -0.1) is 11.3 Å². The van der Waals surface area contributed by atoms with Crippen LogP contribution >= 0.6 is 11.3 Å². The smallest absolute Gasteiger partial charge is 0.274 e. The SMILES string of the molecule is Cc1ccc(-c2nc(CC(=O)N3CCN(C(=O)c4cnccn4)CC3)cs2)cc1. The van der Waals surface area contributed by atoms with Gasteiger partial charge in [-0.3, -0.25) is 14.6 Å². The number of amides is 2. The van der Waals surface area contributed by atoms with E-state index < -0.39 is 0 Å². The van der Waals surface area contributed by atoms with Crippen molar-refractivity contribution in [3.8, 4) is 10.6 Å². The number of rotatable bonds is 4. The van der Waals surface area contributed by atoms with E-state index in [-0.39, 0.29) is 18.2 Å². The quantitative estimate of drug-likeness (QED) is 0.664. The maximum absolute atomic E-state index is 12.7. The molecule has 0 saturated carbocycles. The summed E-state index contributed by atoms with van der Waals surface area (Å²) in [6, 6.07) is 8.22. The van der Waals surface area contributed by atoms with E-state index in [0.29, 0.717) is 31.9 Å². The van der Waals surface area contributed by atoms with Gasteiger partial charge in [-0.25, -0.2) is 9.97 Å². The summed E-state index contributed by atoms with van der Waals surface area (Å²) in [6.45, 7) is 4.07. The van der Waals surface area contributed by atoms with Crippen LogP contribution in [0.25, 0.3) is 10.6 Å². The molecular weight excluding hydrogens is 386 g/mol. The van der Waals surface area contributed by atoms with Crippen LogP contribution < -0.4 is 0 Å². The Bertz CT molecular complexity index is 995. The van der Waals surface area contributed by atoms with Crippen LogP contribution in [0.1, 0.15) is 21.7 Å². The average Bonchev–Trinajstić information content (AvgIpc) is 3.23. The molecule has 3 heterocycles. The lowest BCUT2D eigenvalue weighted by Gasteiger charge is -2.34. The van der Waals surface area contributed by atoms with Crippen LogP contribution in [0.2, 0.25) is 0 Å². The standard InChI is InChI=1S/C21H21N5O2S/c1-15-2-4-16(5-3-15)20-24-17(14-29-20)12-19(27)25-8-10-26(11-9-25)21(28)18-13-22-6-7-23-18/h2-7,13-14H,8-12H2,1H3. The second-order valence-electron chi connectivity index (χ2n) is 6.95. The van der Waals surface area contributed by atoms with Crippen LogP contribution in [-0.4, -0.2) is 62.7 Å². The van der Waals surface area contributed by atoms with E-state index in [1.807, 2.05) is 17.5 Å². The molecule has 1 aliphatic rings. The summed E-state index contributed by atoms with van der Waals surface area (Å²) in [6.07, 6.45) is 4.79. The zero-order valence-corrected chi connectivity index (χ0v) is 16.9. The molecule has 0 radical (unpaired) electrons. The molecule has 0 N–H and O–H groups in total. The van der Waals surface area contributed by atoms with Crippen LogP contribution in [0.15, 0.2) is 48.2 Å². The lowest BCUT2D eigenvalue weighted by atomic mass is 10.2. The summed E-state index contributed by atoms with van der Waals surface area (Å²) in [5.41, 5.74) is 3.39. The first-order valence-corrected chi connectivity index (χ1v) is 10.3. The molecule has 0 atom stereocenters. The van der Waals surface area contributed by atoms with Crippen LogP contribution in [0.3, 0.4) is 0 Å². The first-order chi connectivity index (χ1) is 14.1. The first-order valence-electron chi connectivity index (χ1n) is 9.44. The summed E-state index contributed by atoms with van der Waals surface area (Å²) >= 11 is 1.55. The molecule has 0 spiro atoms. The van der Waals surface area contributed by atoms with Gasteiger partial charge in [0.25, 0.3) is 5.91 Å². The van der Waals surface area contributed by atoms with Gasteiger partial charge in [0.2, 0.25) is 5.91 Å². The van der Waals surface area contributed by atoms with Crippen molar-refractivity contribution in [2.24, 2.45) is 0 Å². The normalized spacial score (nSPS) is 14.1. The maximum atomic E-state index is 12.7. The molecule has 1 saturated heterocycles. The summed E-state index contributed by atoms with van der Waals surface area (Å²) in [5, 5.41) is 2.87. The molecule has 7 nitrogen and oxygen atoms in total. The highest BCUT2D eigenvalue weighted by atomic mass is 32.1. The fraction of sp³-hybridized carbons (Fsp3) is 0.286. The van der Waals surface area contributed by atoms with E-state index in [4.69, 9.17) is 0 Å². The van der Waals surface area contributed by atoms with Gasteiger partial charge >= 0.3 is 0 Å². The summed E-state index contributed by atoms with van der Waals surface area (Å²) in [7, 11) is 0. The van der Waals surface area contributed by atoms with Gasteiger partial charge in [-0.1, -0.05) is 29.8 Å². The molecule has 2 amide bonds. The number of carbonyl (C=O) groups excluding carboxylic acids is 2. The van der Waals surface area contributed by atoms with Crippen molar-refractivity contribution in [3.63, 3.8) is 0 Å². The molecule has 1 aromatic carbocycles. The minimum absolute atomic E-state index is 0.0392. The molecule has 0 aliphatic carbocycles. The van der Waals surface area contributed by atoms with Crippen molar-refractivity contribution < 1.29 is 9.59 Å². The molecule has 0 unspecified atom stereocenters. The van der Waals surface area contributed by atoms with Crippen molar-refractivity contribution in [1.29, 1.82) is 0 Å². The van der Waals surface area contributed by atoms with E-state index in [2.05, 4.69) is 34.0 Å². The third-order valence-corrected chi connectivity index (χ3v) is 5.82. The summed E-state index contributed by atoms with van der Waals surface area (Å²) in [5.74, 6) is -0.107. The van der Waals surface area contributed by atoms with Gasteiger partial charge in [0, 0.05) is 49.5 Å². The van der Waals surface area contributed by atoms with Crippen molar-refractivity contribution in [3.05, 3.63) is 65.2 Å². The number of nitrogens with zero attached hydrogens (tertiary/aromatic N) is 5. The second-order valence-corrected chi connectivity index (χ2v) is 7.81. The molecule has 2 aromatic heterocycles. The van der Waals surface area contributed by atoms with Gasteiger partial charge < -0.3 is 9.80 Å². The number of aromatic nitrogens is 3. The van der Waals surface area contributed by atoms with E-state index in [0.717, 1.165) is 16.3 Å². The van der Waals surface area contributed by atoms with Gasteiger partial charge in [-0.05, 0) is 6.92 Å². The summed E-state index contributed by atoms with van der Waals surface area (Å²) in [4.78, 5) is 41.2. The zero-order valence-electron chi connectivity index (χ0n) is 16.1. The number of piperazine rings is 1. The Morgan fingerprint density at radius 1 is 1.03 bits per heavy atom. The van der Waals surface area contributed by atoms with Crippen molar-refractivity contribution in [1.82, 2.24) is 24.8 Å². The minimum Gasteiger partial charge on any atom is -0.339 e. The summed E-state index contributed by atoms with van der Waals surface area (Å²) < 4.78 is 0. The molecule has 0 bridgehead atoms. The topological polar surface area (TPSA) is 79.3 Å². The molecule has 3 aromatic rings. The zero-order chi connectivity index (χ0) is 20.2. The minimum atomic E-state index is -0.146. The van der Waals surface area contributed by atoms with Crippen LogP contribution in [0.4, 0.5) is 0 Å². The highest BCUT2D eigenvalue weighted by molar-refractivity contribution is 7.13. The molecule has 29 heavy (non-hydrogen) atoms. The Balaban J connectivity index is 1.32. The van der Waals surface area contributed by atoms with E-state index in [1.54, 1.807) is 21.1 Å². The Hall–Kier alpha value is -3.13. The predicted octanol–water partition coefficient (Wildman–Crippen LogP) is 2.44. The molecule has 148 valence electrons. The van der Waals surface area contributed by atoms with E-state index in [1.165, 1.54) is 24.2 Å². The lowest BCUT2D eigenvalue weighted by molar-refractivity contribution is -0.132. The number of thiazole rings is 1. The van der Waals surface area contributed by atoms with Gasteiger partial charge in [0.15, 0.2) is 0 Å². The highest BCUT2D eigenvalue weighted by Crippen LogP contribution is 2.24.